The molecule has 1 aromatic carbocycles. The zero-order chi connectivity index (χ0) is 24.3. The zero-order valence-electron chi connectivity index (χ0n) is 18.5. The summed E-state index contributed by atoms with van der Waals surface area (Å²) in [5.41, 5.74) is 0.334. The van der Waals surface area contributed by atoms with Gasteiger partial charge in [0, 0.05) is 44.5 Å². The lowest BCUT2D eigenvalue weighted by molar-refractivity contribution is -0.274. The highest BCUT2D eigenvalue weighted by molar-refractivity contribution is 5.76. The third-order valence-corrected chi connectivity index (χ3v) is 5.92. The molecule has 2 aliphatic heterocycles. The summed E-state index contributed by atoms with van der Waals surface area (Å²) in [6.07, 6.45) is -3.49. The molecule has 0 bridgehead atoms. The van der Waals surface area contributed by atoms with Crippen molar-refractivity contribution in [3.63, 3.8) is 0 Å². The van der Waals surface area contributed by atoms with Crippen LogP contribution in [0.4, 0.5) is 13.2 Å². The molecular weight excluding hydrogens is 457 g/mol. The molecule has 2 saturated heterocycles. The Morgan fingerprint density at radius 3 is 2.79 bits per heavy atom. The van der Waals surface area contributed by atoms with Crippen molar-refractivity contribution in [2.75, 3.05) is 6.54 Å². The van der Waals surface area contributed by atoms with Crippen LogP contribution in [0.1, 0.15) is 24.2 Å². The van der Waals surface area contributed by atoms with Crippen molar-refractivity contribution >= 4 is 5.91 Å². The minimum absolute atomic E-state index is 0.105. The second-order valence-electron chi connectivity index (χ2n) is 8.38. The summed E-state index contributed by atoms with van der Waals surface area (Å²) in [6, 6.07) is 5.85. The number of imidazole rings is 1. The standard InChI is InChI=1S/C22H27F3N4O5/c1-29-7-6-27-18(29)12-28-19(30)9-14-8-16-21(32-14)20(31)17(33-16)11-26-10-13-4-2-3-5-15(13)34-22(23,24)25/h2-7,14,16-17,20-21,26,31H,8-12H2,1H3,(H,28,30)/t14-,16+,17+,20+,21-/m0/s1. The van der Waals surface area contributed by atoms with E-state index < -0.39 is 24.7 Å². The number of benzene rings is 1. The van der Waals surface area contributed by atoms with Gasteiger partial charge < -0.3 is 34.5 Å². The van der Waals surface area contributed by atoms with Crippen LogP contribution in [-0.2, 0) is 34.4 Å². The second-order valence-corrected chi connectivity index (χ2v) is 8.38. The number of ether oxygens (including phenoxy) is 3. The molecule has 0 unspecified atom stereocenters. The molecule has 34 heavy (non-hydrogen) atoms. The molecule has 5 atom stereocenters. The van der Waals surface area contributed by atoms with Gasteiger partial charge in [0.05, 0.1) is 31.3 Å². The van der Waals surface area contributed by atoms with Crippen molar-refractivity contribution in [3.05, 3.63) is 48.0 Å². The minimum Gasteiger partial charge on any atom is -0.405 e. The first-order valence-corrected chi connectivity index (χ1v) is 11.0. The van der Waals surface area contributed by atoms with E-state index in [4.69, 9.17) is 9.47 Å². The van der Waals surface area contributed by atoms with Crippen LogP contribution in [0, 0.1) is 0 Å². The monoisotopic (exact) mass is 484 g/mol. The molecule has 4 rings (SSSR count). The van der Waals surface area contributed by atoms with Gasteiger partial charge in [-0.3, -0.25) is 4.79 Å². The molecule has 9 nitrogen and oxygen atoms in total. The van der Waals surface area contributed by atoms with E-state index in [1.165, 1.54) is 18.2 Å². The number of aliphatic hydroxyl groups is 1. The van der Waals surface area contributed by atoms with Crippen LogP contribution >= 0.6 is 0 Å². The van der Waals surface area contributed by atoms with E-state index in [0.29, 0.717) is 18.5 Å². The topological polar surface area (TPSA) is 107 Å². The average Bonchev–Trinajstić information content (AvgIpc) is 3.43. The summed E-state index contributed by atoms with van der Waals surface area (Å²) in [6.45, 7) is 0.631. The summed E-state index contributed by atoms with van der Waals surface area (Å²) in [5, 5.41) is 16.4. The number of carbonyl (C=O) groups excluding carboxylic acids is 1. The fraction of sp³-hybridized carbons (Fsp3) is 0.545. The van der Waals surface area contributed by atoms with Gasteiger partial charge in [0.15, 0.2) is 0 Å². The summed E-state index contributed by atoms with van der Waals surface area (Å²) >= 11 is 0. The summed E-state index contributed by atoms with van der Waals surface area (Å²) in [4.78, 5) is 16.4. The first kappa shape index (κ1) is 24.5. The molecule has 0 saturated carbocycles. The Kier molecular flexibility index (Phi) is 7.41. The van der Waals surface area contributed by atoms with Crippen LogP contribution in [0.3, 0.4) is 0 Å². The number of para-hydroxylation sites is 1. The predicted molar refractivity (Wildman–Crippen MR) is 112 cm³/mol. The smallest absolute Gasteiger partial charge is 0.405 e. The number of nitrogens with zero attached hydrogens (tertiary/aromatic N) is 2. The number of halogens is 3. The molecule has 0 radical (unpaired) electrons. The SMILES string of the molecule is Cn1ccnc1CNC(=O)C[C@@H]1C[C@H]2O[C@H](CNCc3ccccc3OC(F)(F)F)[C@@H](O)[C@H]2O1. The Balaban J connectivity index is 1.20. The lowest BCUT2D eigenvalue weighted by atomic mass is 10.1. The molecule has 0 aliphatic carbocycles. The van der Waals surface area contributed by atoms with Crippen molar-refractivity contribution in [1.29, 1.82) is 0 Å². The third-order valence-electron chi connectivity index (χ3n) is 5.92. The molecule has 2 aromatic rings. The Hall–Kier alpha value is -2.67. The Morgan fingerprint density at radius 1 is 1.29 bits per heavy atom. The number of hydrogen-bond donors (Lipinski definition) is 3. The van der Waals surface area contributed by atoms with E-state index >= 15 is 0 Å². The van der Waals surface area contributed by atoms with E-state index in [1.54, 1.807) is 18.5 Å². The highest BCUT2D eigenvalue weighted by Gasteiger charge is 2.50. The molecule has 2 aliphatic rings. The van der Waals surface area contributed by atoms with Gasteiger partial charge in [-0.15, -0.1) is 13.2 Å². The molecule has 0 spiro atoms. The Bertz CT molecular complexity index is 985. The number of alkyl halides is 3. The molecule has 1 aromatic heterocycles. The van der Waals surface area contributed by atoms with Crippen LogP contribution in [0.25, 0.3) is 0 Å². The highest BCUT2D eigenvalue weighted by atomic mass is 19.4. The number of nitrogens with one attached hydrogen (secondary N) is 2. The maximum absolute atomic E-state index is 12.6. The first-order chi connectivity index (χ1) is 16.2. The zero-order valence-corrected chi connectivity index (χ0v) is 18.5. The molecule has 12 heteroatoms. The number of aliphatic hydroxyl groups excluding tert-OH is 1. The van der Waals surface area contributed by atoms with E-state index in [9.17, 15) is 23.1 Å². The average molecular weight is 484 g/mol. The van der Waals surface area contributed by atoms with Gasteiger partial charge in [-0.25, -0.2) is 4.98 Å². The van der Waals surface area contributed by atoms with Gasteiger partial charge in [-0.2, -0.15) is 0 Å². The Morgan fingerprint density at radius 2 is 2.09 bits per heavy atom. The van der Waals surface area contributed by atoms with Gasteiger partial charge in [-0.05, 0) is 6.07 Å². The van der Waals surface area contributed by atoms with E-state index in [-0.39, 0.29) is 43.4 Å². The highest BCUT2D eigenvalue weighted by Crippen LogP contribution is 2.35. The van der Waals surface area contributed by atoms with Crippen molar-refractivity contribution in [3.8, 4) is 5.75 Å². The lowest BCUT2D eigenvalue weighted by Crippen LogP contribution is -2.39. The largest absolute Gasteiger partial charge is 0.573 e. The van der Waals surface area contributed by atoms with Crippen molar-refractivity contribution in [2.24, 2.45) is 7.05 Å². The maximum atomic E-state index is 12.6. The van der Waals surface area contributed by atoms with E-state index in [0.717, 1.165) is 5.82 Å². The molecule has 1 amide bonds. The van der Waals surface area contributed by atoms with Crippen molar-refractivity contribution in [1.82, 2.24) is 20.2 Å². The van der Waals surface area contributed by atoms with Crippen molar-refractivity contribution in [2.45, 2.75) is 62.8 Å². The van der Waals surface area contributed by atoms with E-state index in [2.05, 4.69) is 20.4 Å². The molecular formula is C22H27F3N4O5. The molecule has 3 N–H and O–H groups in total. The van der Waals surface area contributed by atoms with Crippen LogP contribution < -0.4 is 15.4 Å². The van der Waals surface area contributed by atoms with Crippen LogP contribution in [0.2, 0.25) is 0 Å². The fourth-order valence-electron chi connectivity index (χ4n) is 4.26. The fourth-order valence-corrected chi connectivity index (χ4v) is 4.26. The van der Waals surface area contributed by atoms with Crippen LogP contribution in [-0.4, -0.2) is 64.0 Å². The van der Waals surface area contributed by atoms with Gasteiger partial charge in [0.2, 0.25) is 5.91 Å². The number of carbonyl (C=O) groups is 1. The number of rotatable bonds is 9. The summed E-state index contributed by atoms with van der Waals surface area (Å²) in [7, 11) is 1.84. The van der Waals surface area contributed by atoms with Crippen molar-refractivity contribution < 1.29 is 37.3 Å². The minimum atomic E-state index is -4.78. The second kappa shape index (κ2) is 10.3. The number of aromatic nitrogens is 2. The molecule has 2 fully saturated rings. The maximum Gasteiger partial charge on any atom is 0.573 e. The van der Waals surface area contributed by atoms with Gasteiger partial charge in [0.25, 0.3) is 0 Å². The molecule has 3 heterocycles. The van der Waals surface area contributed by atoms with Gasteiger partial charge in [-0.1, -0.05) is 18.2 Å². The normalized spacial score (nSPS) is 26.4. The Labute approximate surface area is 194 Å². The van der Waals surface area contributed by atoms with E-state index in [1.807, 2.05) is 11.6 Å². The number of aryl methyl sites for hydroxylation is 1. The van der Waals surface area contributed by atoms with Crippen LogP contribution in [0.15, 0.2) is 36.7 Å². The summed E-state index contributed by atoms with van der Waals surface area (Å²) < 4.78 is 55.3. The predicted octanol–water partition coefficient (Wildman–Crippen LogP) is 1.40. The third kappa shape index (κ3) is 6.06. The first-order valence-electron chi connectivity index (χ1n) is 11.0. The number of hydrogen-bond acceptors (Lipinski definition) is 7. The quantitative estimate of drug-likeness (QED) is 0.494. The molecule has 186 valence electrons. The van der Waals surface area contributed by atoms with Crippen LogP contribution in [0.5, 0.6) is 5.75 Å². The lowest BCUT2D eigenvalue weighted by Gasteiger charge is -2.20. The van der Waals surface area contributed by atoms with Gasteiger partial charge >= 0.3 is 6.36 Å². The number of fused-ring (bicyclic) bond motifs is 1. The van der Waals surface area contributed by atoms with Gasteiger partial charge in [0.1, 0.15) is 23.8 Å². The number of amides is 1. The summed E-state index contributed by atoms with van der Waals surface area (Å²) in [5.74, 6) is 0.277.